The van der Waals surface area contributed by atoms with Crippen LogP contribution < -0.4 is 0 Å². The van der Waals surface area contributed by atoms with Gasteiger partial charge in [0.05, 0.1) is 22.3 Å². The van der Waals surface area contributed by atoms with Crippen LogP contribution in [0.25, 0.3) is 16.7 Å². The molecule has 0 fully saturated rings. The van der Waals surface area contributed by atoms with E-state index in [1.165, 1.54) is 5.56 Å². The molecule has 106 valence electrons. The Balaban J connectivity index is 2.36. The molecule has 0 amide bonds. The summed E-state index contributed by atoms with van der Waals surface area (Å²) in [6, 6.07) is 9.37. The first kappa shape index (κ1) is 13.4. The summed E-state index contributed by atoms with van der Waals surface area (Å²) in [4.78, 5) is 15.9. The lowest BCUT2D eigenvalue weighted by Gasteiger charge is -2.12. The summed E-state index contributed by atoms with van der Waals surface area (Å²) < 4.78 is 1.86. The highest BCUT2D eigenvalue weighted by atomic mass is 16.4. The van der Waals surface area contributed by atoms with Gasteiger partial charge in [-0.25, -0.2) is 9.78 Å². The third kappa shape index (κ3) is 2.09. The van der Waals surface area contributed by atoms with Crippen molar-refractivity contribution < 1.29 is 9.90 Å². The highest BCUT2D eigenvalue weighted by Crippen LogP contribution is 2.26. The van der Waals surface area contributed by atoms with E-state index < -0.39 is 5.97 Å². The van der Waals surface area contributed by atoms with Crippen LogP contribution in [0.4, 0.5) is 0 Å². The molecule has 0 radical (unpaired) electrons. The van der Waals surface area contributed by atoms with Gasteiger partial charge in [-0.1, -0.05) is 12.1 Å². The normalized spacial score (nSPS) is 11.0. The van der Waals surface area contributed by atoms with E-state index in [-0.39, 0.29) is 5.56 Å². The molecule has 0 saturated heterocycles. The fraction of sp³-hybridized carbons (Fsp3) is 0.176. The van der Waals surface area contributed by atoms with Crippen molar-refractivity contribution in [3.63, 3.8) is 0 Å². The number of benzene rings is 2. The number of aromatic nitrogens is 2. The molecule has 3 aromatic rings. The summed E-state index contributed by atoms with van der Waals surface area (Å²) in [7, 11) is 0. The lowest BCUT2D eigenvalue weighted by atomic mass is 10.1. The van der Waals surface area contributed by atoms with Gasteiger partial charge in [-0.3, -0.25) is 4.57 Å². The average molecular weight is 280 g/mol. The number of aromatic carboxylic acids is 1. The Hall–Kier alpha value is -2.62. The summed E-state index contributed by atoms with van der Waals surface area (Å²) in [6.45, 7) is 6.00. The summed E-state index contributed by atoms with van der Waals surface area (Å²) in [5.74, 6) is -0.931. The summed E-state index contributed by atoms with van der Waals surface area (Å²) in [5.41, 5.74) is 6.01. The van der Waals surface area contributed by atoms with Crippen molar-refractivity contribution in [2.45, 2.75) is 20.8 Å². The van der Waals surface area contributed by atoms with Gasteiger partial charge in [0.25, 0.3) is 0 Å². The van der Waals surface area contributed by atoms with E-state index in [0.29, 0.717) is 5.69 Å². The molecule has 4 heteroatoms. The van der Waals surface area contributed by atoms with Crippen molar-refractivity contribution in [1.29, 1.82) is 0 Å². The third-order valence-corrected chi connectivity index (χ3v) is 3.87. The van der Waals surface area contributed by atoms with E-state index in [9.17, 15) is 9.90 Å². The molecule has 4 nitrogen and oxygen atoms in total. The molecule has 3 rings (SSSR count). The van der Waals surface area contributed by atoms with E-state index in [1.54, 1.807) is 18.5 Å². The minimum Gasteiger partial charge on any atom is -0.478 e. The van der Waals surface area contributed by atoms with Gasteiger partial charge in [0.15, 0.2) is 0 Å². The average Bonchev–Trinajstić information content (AvgIpc) is 2.81. The lowest BCUT2D eigenvalue weighted by Crippen LogP contribution is -2.06. The van der Waals surface area contributed by atoms with Gasteiger partial charge in [-0.05, 0) is 55.7 Å². The number of rotatable bonds is 2. The Labute approximate surface area is 122 Å². The van der Waals surface area contributed by atoms with Crippen LogP contribution in [0.3, 0.4) is 0 Å². The molecular formula is C17H16N2O2. The second-order valence-electron chi connectivity index (χ2n) is 5.32. The fourth-order valence-corrected chi connectivity index (χ4v) is 2.59. The van der Waals surface area contributed by atoms with E-state index >= 15 is 0 Å². The quantitative estimate of drug-likeness (QED) is 0.779. The first-order valence-corrected chi connectivity index (χ1v) is 6.76. The zero-order valence-electron chi connectivity index (χ0n) is 12.2. The first-order chi connectivity index (χ1) is 9.99. The van der Waals surface area contributed by atoms with Crippen LogP contribution in [0.15, 0.2) is 36.7 Å². The molecule has 0 spiro atoms. The monoisotopic (exact) mass is 280 g/mol. The van der Waals surface area contributed by atoms with Crippen LogP contribution in [0, 0.1) is 20.8 Å². The van der Waals surface area contributed by atoms with Crippen molar-refractivity contribution in [3.05, 3.63) is 58.9 Å². The van der Waals surface area contributed by atoms with Crippen molar-refractivity contribution in [2.75, 3.05) is 0 Å². The maximum atomic E-state index is 11.5. The third-order valence-electron chi connectivity index (χ3n) is 3.87. The lowest BCUT2D eigenvalue weighted by molar-refractivity contribution is 0.0697. The van der Waals surface area contributed by atoms with Gasteiger partial charge < -0.3 is 5.11 Å². The summed E-state index contributed by atoms with van der Waals surface area (Å²) in [5, 5.41) is 9.43. The maximum absolute atomic E-state index is 11.5. The number of hydrogen-bond donors (Lipinski definition) is 1. The molecule has 0 saturated carbocycles. The molecule has 0 atom stereocenters. The van der Waals surface area contributed by atoms with Gasteiger partial charge in [0.2, 0.25) is 0 Å². The van der Waals surface area contributed by atoms with Crippen molar-refractivity contribution >= 4 is 17.0 Å². The second kappa shape index (κ2) is 4.74. The number of carboxylic acids is 1. The zero-order chi connectivity index (χ0) is 15.1. The SMILES string of the molecule is Cc1cc2ncn(-c3c(C)cccc3C(=O)O)c2cc1C. The summed E-state index contributed by atoms with van der Waals surface area (Å²) >= 11 is 0. The van der Waals surface area contributed by atoms with E-state index in [0.717, 1.165) is 22.2 Å². The number of fused-ring (bicyclic) bond motifs is 1. The number of nitrogens with zero attached hydrogens (tertiary/aromatic N) is 2. The number of para-hydroxylation sites is 1. The minimum absolute atomic E-state index is 0.285. The Morgan fingerprint density at radius 3 is 2.52 bits per heavy atom. The number of imidazole rings is 1. The molecular weight excluding hydrogens is 264 g/mol. The van der Waals surface area contributed by atoms with Crippen molar-refractivity contribution in [1.82, 2.24) is 9.55 Å². The Bertz CT molecular complexity index is 863. The molecule has 2 aromatic carbocycles. The van der Waals surface area contributed by atoms with Crippen LogP contribution in [0.1, 0.15) is 27.0 Å². The van der Waals surface area contributed by atoms with Gasteiger partial charge >= 0.3 is 5.97 Å². The standard InChI is InChI=1S/C17H16N2O2/c1-10-5-4-6-13(17(20)21)16(10)19-9-18-14-7-11(2)12(3)8-15(14)19/h4-9H,1-3H3,(H,20,21). The van der Waals surface area contributed by atoms with Gasteiger partial charge in [0, 0.05) is 0 Å². The molecule has 0 aliphatic carbocycles. The molecule has 21 heavy (non-hydrogen) atoms. The molecule has 1 aromatic heterocycles. The highest BCUT2D eigenvalue weighted by Gasteiger charge is 2.16. The fourth-order valence-electron chi connectivity index (χ4n) is 2.59. The number of hydrogen-bond acceptors (Lipinski definition) is 2. The Morgan fingerprint density at radius 1 is 1.10 bits per heavy atom. The highest BCUT2D eigenvalue weighted by molar-refractivity contribution is 5.94. The zero-order valence-corrected chi connectivity index (χ0v) is 12.2. The number of carboxylic acid groups (broad SMARTS) is 1. The molecule has 0 aliphatic heterocycles. The van der Waals surface area contributed by atoms with Crippen LogP contribution in [-0.2, 0) is 0 Å². The largest absolute Gasteiger partial charge is 0.478 e. The molecule has 0 aliphatic rings. The Morgan fingerprint density at radius 2 is 1.81 bits per heavy atom. The van der Waals surface area contributed by atoms with Gasteiger partial charge in [-0.15, -0.1) is 0 Å². The predicted octanol–water partition coefficient (Wildman–Crippen LogP) is 3.65. The first-order valence-electron chi connectivity index (χ1n) is 6.76. The van der Waals surface area contributed by atoms with Crippen LogP contribution in [0.5, 0.6) is 0 Å². The van der Waals surface area contributed by atoms with Crippen molar-refractivity contribution in [2.24, 2.45) is 0 Å². The van der Waals surface area contributed by atoms with Crippen LogP contribution in [-0.4, -0.2) is 20.6 Å². The van der Waals surface area contributed by atoms with Crippen molar-refractivity contribution in [3.8, 4) is 5.69 Å². The molecule has 1 heterocycles. The topological polar surface area (TPSA) is 55.1 Å². The summed E-state index contributed by atoms with van der Waals surface area (Å²) in [6.07, 6.45) is 1.69. The number of aryl methyl sites for hydroxylation is 3. The van der Waals surface area contributed by atoms with Gasteiger partial charge in [-0.2, -0.15) is 0 Å². The molecule has 0 bridgehead atoms. The second-order valence-corrected chi connectivity index (χ2v) is 5.32. The Kier molecular flexibility index (Phi) is 3.01. The van der Waals surface area contributed by atoms with Gasteiger partial charge in [0.1, 0.15) is 6.33 Å². The van der Waals surface area contributed by atoms with E-state index in [2.05, 4.69) is 11.1 Å². The molecule has 0 unspecified atom stereocenters. The van der Waals surface area contributed by atoms with E-state index in [1.807, 2.05) is 37.5 Å². The number of carbonyl (C=O) groups is 1. The molecule has 1 N–H and O–H groups in total. The smallest absolute Gasteiger partial charge is 0.337 e. The van der Waals surface area contributed by atoms with E-state index in [4.69, 9.17) is 0 Å². The van der Waals surface area contributed by atoms with Crippen LogP contribution >= 0.6 is 0 Å². The minimum atomic E-state index is -0.931. The van der Waals surface area contributed by atoms with Crippen LogP contribution in [0.2, 0.25) is 0 Å². The maximum Gasteiger partial charge on any atom is 0.337 e. The predicted molar refractivity (Wildman–Crippen MR) is 82.2 cm³/mol.